The van der Waals surface area contributed by atoms with E-state index in [9.17, 15) is 9.59 Å². The summed E-state index contributed by atoms with van der Waals surface area (Å²) >= 11 is 4.71. The van der Waals surface area contributed by atoms with Crippen LogP contribution in [0.1, 0.15) is 71.6 Å². The van der Waals surface area contributed by atoms with Crippen molar-refractivity contribution >= 4 is 24.2 Å². The highest BCUT2D eigenvalue weighted by Crippen LogP contribution is 2.66. The van der Waals surface area contributed by atoms with Crippen LogP contribution in [-0.4, -0.2) is 17.3 Å². The maximum atomic E-state index is 12.2. The summed E-state index contributed by atoms with van der Waals surface area (Å²) in [6.07, 6.45) is 9.98. The summed E-state index contributed by atoms with van der Waals surface area (Å²) in [5, 5.41) is 0. The normalized spacial score (nSPS) is 50.8. The average Bonchev–Trinajstić information content (AvgIpc) is 2.91. The van der Waals surface area contributed by atoms with Gasteiger partial charge in [-0.3, -0.25) is 9.59 Å². The van der Waals surface area contributed by atoms with Crippen LogP contribution >= 0.6 is 12.6 Å². The smallest absolute Gasteiger partial charge is 0.133 e. The van der Waals surface area contributed by atoms with Crippen molar-refractivity contribution < 1.29 is 9.59 Å². The van der Waals surface area contributed by atoms with Gasteiger partial charge in [0.1, 0.15) is 11.6 Å². The number of carbonyl (C=O) groups is 2. The minimum Gasteiger partial charge on any atom is -0.300 e. The molecule has 0 aromatic rings. The molecule has 4 aliphatic rings. The summed E-state index contributed by atoms with van der Waals surface area (Å²) in [7, 11) is 0. The van der Waals surface area contributed by atoms with Gasteiger partial charge in [-0.25, -0.2) is 0 Å². The molecule has 24 heavy (non-hydrogen) atoms. The molecule has 0 heterocycles. The van der Waals surface area contributed by atoms with Crippen molar-refractivity contribution in [1.82, 2.24) is 0 Å². The third-order valence-corrected chi connectivity index (χ3v) is 9.49. The molecule has 134 valence electrons. The average molecular weight is 349 g/mol. The Hall–Kier alpha value is -0.310. The Labute approximate surface area is 151 Å². The zero-order chi connectivity index (χ0) is 17.1. The van der Waals surface area contributed by atoms with Crippen molar-refractivity contribution in [2.75, 3.05) is 5.75 Å². The minimum atomic E-state index is 0.186. The first-order chi connectivity index (χ1) is 11.4. The summed E-state index contributed by atoms with van der Waals surface area (Å²) in [6, 6.07) is 0. The van der Waals surface area contributed by atoms with E-state index in [1.54, 1.807) is 0 Å². The van der Waals surface area contributed by atoms with Crippen molar-refractivity contribution in [2.24, 2.45) is 40.4 Å². The van der Waals surface area contributed by atoms with Crippen molar-refractivity contribution in [3.63, 3.8) is 0 Å². The highest BCUT2D eigenvalue weighted by atomic mass is 32.1. The fourth-order valence-corrected chi connectivity index (χ4v) is 8.29. The van der Waals surface area contributed by atoms with Crippen LogP contribution in [0, 0.1) is 40.4 Å². The lowest BCUT2D eigenvalue weighted by molar-refractivity contribution is -0.139. The second kappa shape index (κ2) is 5.86. The Morgan fingerprint density at radius 3 is 2.50 bits per heavy atom. The molecule has 0 aliphatic heterocycles. The van der Waals surface area contributed by atoms with E-state index < -0.39 is 0 Å². The molecule has 0 saturated heterocycles. The Kier molecular flexibility index (Phi) is 4.18. The van der Waals surface area contributed by atoms with Crippen molar-refractivity contribution in [2.45, 2.75) is 71.6 Å². The third kappa shape index (κ3) is 2.29. The van der Waals surface area contributed by atoms with Crippen LogP contribution in [0.2, 0.25) is 0 Å². The fourth-order valence-electron chi connectivity index (χ4n) is 7.78. The van der Waals surface area contributed by atoms with Gasteiger partial charge in [-0.2, -0.15) is 12.6 Å². The molecule has 0 aromatic carbocycles. The maximum Gasteiger partial charge on any atom is 0.133 e. The number of Topliss-reactive ketones (excluding diaryl/α,β-unsaturated/α-hetero) is 2. The van der Waals surface area contributed by atoms with Gasteiger partial charge in [-0.1, -0.05) is 6.92 Å². The predicted molar refractivity (Wildman–Crippen MR) is 99.1 cm³/mol. The van der Waals surface area contributed by atoms with Gasteiger partial charge in [0.25, 0.3) is 0 Å². The third-order valence-electron chi connectivity index (χ3n) is 8.86. The van der Waals surface area contributed by atoms with E-state index in [1.165, 1.54) is 32.1 Å². The molecule has 4 saturated carbocycles. The van der Waals surface area contributed by atoms with E-state index >= 15 is 0 Å². The van der Waals surface area contributed by atoms with E-state index in [1.807, 2.05) is 6.92 Å². The van der Waals surface area contributed by atoms with E-state index in [0.29, 0.717) is 23.4 Å². The van der Waals surface area contributed by atoms with Gasteiger partial charge in [-0.15, -0.1) is 0 Å². The standard InChI is InChI=1S/C21H32O2S/c1-13(22)17-5-6-18-15-8-10-21(12-24)11-14(23)3-4-19(21)16(15)7-9-20(17,18)2/h15-19,24H,3-12H2,1-2H3/t15?,16?,17-,18?,19-,20-,21?/m1/s1. The Morgan fingerprint density at radius 2 is 1.79 bits per heavy atom. The number of ketones is 2. The molecule has 2 nitrogen and oxygen atoms in total. The van der Waals surface area contributed by atoms with Crippen LogP contribution in [0.4, 0.5) is 0 Å². The first-order valence-corrected chi connectivity index (χ1v) is 10.7. The quantitative estimate of drug-likeness (QED) is 0.733. The number of carbonyl (C=O) groups excluding carboxylic acids is 2. The summed E-state index contributed by atoms with van der Waals surface area (Å²) in [5.41, 5.74) is 0.435. The predicted octanol–water partition coefficient (Wildman–Crippen LogP) is 4.71. The molecule has 4 fully saturated rings. The molecule has 0 aromatic heterocycles. The zero-order valence-corrected chi connectivity index (χ0v) is 16.1. The van der Waals surface area contributed by atoms with Crippen LogP contribution in [0.3, 0.4) is 0 Å². The van der Waals surface area contributed by atoms with Gasteiger partial charge >= 0.3 is 0 Å². The van der Waals surface area contributed by atoms with Crippen molar-refractivity contribution in [3.05, 3.63) is 0 Å². The largest absolute Gasteiger partial charge is 0.300 e. The molecule has 3 heteroatoms. The van der Waals surface area contributed by atoms with Gasteiger partial charge in [0.2, 0.25) is 0 Å². The molecule has 4 aliphatic carbocycles. The van der Waals surface area contributed by atoms with Crippen molar-refractivity contribution in [3.8, 4) is 0 Å². The number of rotatable bonds is 2. The first kappa shape index (κ1) is 17.1. The van der Waals surface area contributed by atoms with E-state index in [2.05, 4.69) is 6.92 Å². The molecule has 0 N–H and O–H groups in total. The van der Waals surface area contributed by atoms with Crippen LogP contribution in [0.25, 0.3) is 0 Å². The van der Waals surface area contributed by atoms with Crippen LogP contribution < -0.4 is 0 Å². The molecule has 4 unspecified atom stereocenters. The highest BCUT2D eigenvalue weighted by molar-refractivity contribution is 7.80. The zero-order valence-electron chi connectivity index (χ0n) is 15.2. The lowest BCUT2D eigenvalue weighted by atomic mass is 9.46. The van der Waals surface area contributed by atoms with E-state index in [-0.39, 0.29) is 10.8 Å². The van der Waals surface area contributed by atoms with Crippen LogP contribution in [-0.2, 0) is 9.59 Å². The van der Waals surface area contributed by atoms with Crippen LogP contribution in [0.5, 0.6) is 0 Å². The van der Waals surface area contributed by atoms with E-state index in [0.717, 1.165) is 49.2 Å². The highest BCUT2D eigenvalue weighted by Gasteiger charge is 2.60. The summed E-state index contributed by atoms with van der Waals surface area (Å²) in [5.74, 6) is 5.08. The van der Waals surface area contributed by atoms with Gasteiger partial charge < -0.3 is 0 Å². The Bertz CT molecular complexity index is 558. The van der Waals surface area contributed by atoms with Crippen molar-refractivity contribution in [1.29, 1.82) is 0 Å². The van der Waals surface area contributed by atoms with Gasteiger partial charge in [-0.05, 0) is 92.1 Å². The molecular formula is C21H32O2S. The second-order valence-electron chi connectivity index (χ2n) is 9.64. The summed E-state index contributed by atoms with van der Waals surface area (Å²) in [6.45, 7) is 4.22. The molecule has 7 atom stereocenters. The summed E-state index contributed by atoms with van der Waals surface area (Å²) in [4.78, 5) is 24.3. The van der Waals surface area contributed by atoms with Gasteiger partial charge in [0.05, 0.1) is 0 Å². The fraction of sp³-hybridized carbons (Fsp3) is 0.905. The molecule has 4 rings (SSSR count). The van der Waals surface area contributed by atoms with Gasteiger partial charge in [0.15, 0.2) is 0 Å². The lowest BCUT2D eigenvalue weighted by Crippen LogP contribution is -2.54. The minimum absolute atomic E-state index is 0.186. The lowest BCUT2D eigenvalue weighted by Gasteiger charge is -2.59. The molecule has 0 amide bonds. The Morgan fingerprint density at radius 1 is 1.08 bits per heavy atom. The molecule has 0 radical (unpaired) electrons. The maximum absolute atomic E-state index is 12.2. The second-order valence-corrected chi connectivity index (χ2v) is 9.96. The SMILES string of the molecule is CC(=O)[C@H]1CCC2C3CCC4(CS)CC(=O)CC[C@@H]4C3CC[C@@]21C. The Balaban J connectivity index is 1.62. The topological polar surface area (TPSA) is 34.1 Å². The number of thiol groups is 1. The molecule has 0 bridgehead atoms. The monoisotopic (exact) mass is 348 g/mol. The molecule has 0 spiro atoms. The number of hydrogen-bond acceptors (Lipinski definition) is 3. The molecular weight excluding hydrogens is 316 g/mol. The number of fused-ring (bicyclic) bond motifs is 5. The van der Waals surface area contributed by atoms with E-state index in [4.69, 9.17) is 12.6 Å². The first-order valence-electron chi connectivity index (χ1n) is 10.0. The van der Waals surface area contributed by atoms with Crippen LogP contribution in [0.15, 0.2) is 0 Å². The number of hydrogen-bond donors (Lipinski definition) is 1. The van der Waals surface area contributed by atoms with Gasteiger partial charge in [0, 0.05) is 18.8 Å². The summed E-state index contributed by atoms with van der Waals surface area (Å²) < 4.78 is 0.